The molecule has 0 bridgehead atoms. The highest BCUT2D eigenvalue weighted by molar-refractivity contribution is 7.13. The molecule has 0 spiro atoms. The van der Waals surface area contributed by atoms with E-state index in [4.69, 9.17) is 0 Å². The molecule has 112 valence electrons. The van der Waals surface area contributed by atoms with Crippen LogP contribution in [0.3, 0.4) is 0 Å². The SMILES string of the molecule is Cc1nc2n(c1C)CCN(C(C)C(=O)Nc1nccs1)C2. The number of imidazole rings is 1. The van der Waals surface area contributed by atoms with Crippen LogP contribution < -0.4 is 5.32 Å². The molecular weight excluding hydrogens is 286 g/mol. The van der Waals surface area contributed by atoms with E-state index < -0.39 is 0 Å². The molecule has 0 saturated heterocycles. The van der Waals surface area contributed by atoms with Gasteiger partial charge in [-0.3, -0.25) is 9.69 Å². The summed E-state index contributed by atoms with van der Waals surface area (Å²) in [4.78, 5) is 23.1. The smallest absolute Gasteiger partial charge is 0.243 e. The van der Waals surface area contributed by atoms with E-state index in [2.05, 4.69) is 31.7 Å². The number of carbonyl (C=O) groups excluding carboxylic acids is 1. The molecule has 1 N–H and O–H groups in total. The third kappa shape index (κ3) is 2.71. The molecule has 3 rings (SSSR count). The first-order chi connectivity index (χ1) is 10.1. The summed E-state index contributed by atoms with van der Waals surface area (Å²) in [6, 6.07) is -0.194. The predicted molar refractivity (Wildman–Crippen MR) is 82.3 cm³/mol. The van der Waals surface area contributed by atoms with Gasteiger partial charge in [-0.25, -0.2) is 9.97 Å². The van der Waals surface area contributed by atoms with Crippen LogP contribution in [-0.2, 0) is 17.9 Å². The molecule has 1 aliphatic heterocycles. The summed E-state index contributed by atoms with van der Waals surface area (Å²) in [5.74, 6) is 1.03. The molecule has 0 aromatic carbocycles. The molecule has 0 saturated carbocycles. The number of anilines is 1. The highest BCUT2D eigenvalue weighted by Crippen LogP contribution is 2.19. The molecule has 1 amide bonds. The second-order valence-electron chi connectivity index (χ2n) is 5.32. The quantitative estimate of drug-likeness (QED) is 0.939. The Balaban J connectivity index is 1.69. The Morgan fingerprint density at radius 3 is 2.95 bits per heavy atom. The summed E-state index contributed by atoms with van der Waals surface area (Å²) in [6.07, 6.45) is 1.69. The minimum absolute atomic E-state index is 0.0154. The fraction of sp³-hybridized carbons (Fsp3) is 0.500. The average Bonchev–Trinajstić information content (AvgIpc) is 3.07. The summed E-state index contributed by atoms with van der Waals surface area (Å²) in [7, 11) is 0. The van der Waals surface area contributed by atoms with Gasteiger partial charge in [-0.15, -0.1) is 11.3 Å². The molecule has 2 aromatic rings. The van der Waals surface area contributed by atoms with Crippen LogP contribution in [0, 0.1) is 13.8 Å². The molecule has 21 heavy (non-hydrogen) atoms. The second kappa shape index (κ2) is 5.57. The van der Waals surface area contributed by atoms with Crippen molar-refractivity contribution >= 4 is 22.4 Å². The lowest BCUT2D eigenvalue weighted by atomic mass is 10.2. The zero-order valence-electron chi connectivity index (χ0n) is 12.5. The van der Waals surface area contributed by atoms with E-state index in [1.807, 2.05) is 19.2 Å². The van der Waals surface area contributed by atoms with Gasteiger partial charge >= 0.3 is 0 Å². The van der Waals surface area contributed by atoms with Crippen LogP contribution in [-0.4, -0.2) is 37.9 Å². The van der Waals surface area contributed by atoms with E-state index in [0.29, 0.717) is 11.7 Å². The zero-order chi connectivity index (χ0) is 15.0. The van der Waals surface area contributed by atoms with Crippen molar-refractivity contribution in [3.8, 4) is 0 Å². The number of rotatable bonds is 3. The fourth-order valence-electron chi connectivity index (χ4n) is 2.62. The zero-order valence-corrected chi connectivity index (χ0v) is 13.3. The molecule has 0 aliphatic carbocycles. The summed E-state index contributed by atoms with van der Waals surface area (Å²) >= 11 is 1.43. The monoisotopic (exact) mass is 305 g/mol. The maximum absolute atomic E-state index is 12.3. The number of nitrogens with one attached hydrogen (secondary N) is 1. The number of thiazole rings is 1. The number of carbonyl (C=O) groups is 1. The number of nitrogens with zero attached hydrogens (tertiary/aromatic N) is 4. The van der Waals surface area contributed by atoms with Gasteiger partial charge in [0.2, 0.25) is 5.91 Å². The molecular formula is C14H19N5OS. The Morgan fingerprint density at radius 2 is 2.24 bits per heavy atom. The standard InChI is InChI=1S/C14H19N5OS/c1-9-10(2)19-6-5-18(8-12(19)16-9)11(3)13(20)17-14-15-4-7-21-14/h4,7,11H,5-6,8H2,1-3H3,(H,15,17,20). The number of fused-ring (bicyclic) bond motifs is 1. The van der Waals surface area contributed by atoms with Gasteiger partial charge in [-0.1, -0.05) is 0 Å². The first-order valence-electron chi connectivity index (χ1n) is 7.03. The number of aryl methyl sites for hydroxylation is 1. The van der Waals surface area contributed by atoms with Gasteiger partial charge in [0, 0.05) is 30.4 Å². The Morgan fingerprint density at radius 1 is 1.43 bits per heavy atom. The van der Waals surface area contributed by atoms with Crippen LogP contribution in [0.2, 0.25) is 0 Å². The Bertz CT molecular complexity index is 649. The van der Waals surface area contributed by atoms with Crippen LogP contribution in [0.25, 0.3) is 0 Å². The number of aromatic nitrogens is 3. The molecule has 0 fully saturated rings. The van der Waals surface area contributed by atoms with Crippen molar-refractivity contribution in [2.75, 3.05) is 11.9 Å². The lowest BCUT2D eigenvalue weighted by molar-refractivity contribution is -0.121. The topological polar surface area (TPSA) is 63.1 Å². The third-order valence-electron chi connectivity index (χ3n) is 4.08. The van der Waals surface area contributed by atoms with Crippen molar-refractivity contribution in [3.05, 3.63) is 28.8 Å². The van der Waals surface area contributed by atoms with Crippen LogP contribution in [0.4, 0.5) is 5.13 Å². The van der Waals surface area contributed by atoms with Crippen LogP contribution in [0.15, 0.2) is 11.6 Å². The van der Waals surface area contributed by atoms with Crippen LogP contribution in [0.1, 0.15) is 24.1 Å². The number of amides is 1. The molecule has 0 radical (unpaired) electrons. The van der Waals surface area contributed by atoms with Crippen molar-refractivity contribution in [1.29, 1.82) is 0 Å². The summed E-state index contributed by atoms with van der Waals surface area (Å²) in [6.45, 7) is 8.51. The second-order valence-corrected chi connectivity index (χ2v) is 6.22. The van der Waals surface area contributed by atoms with Crippen molar-refractivity contribution < 1.29 is 4.79 Å². The van der Waals surface area contributed by atoms with Gasteiger partial charge in [-0.05, 0) is 20.8 Å². The van der Waals surface area contributed by atoms with E-state index in [0.717, 1.165) is 24.6 Å². The molecule has 7 heteroatoms. The lowest BCUT2D eigenvalue weighted by Crippen LogP contribution is -2.46. The van der Waals surface area contributed by atoms with E-state index in [1.54, 1.807) is 6.20 Å². The molecule has 1 aliphatic rings. The van der Waals surface area contributed by atoms with E-state index in [9.17, 15) is 4.79 Å². The first-order valence-corrected chi connectivity index (χ1v) is 7.91. The van der Waals surface area contributed by atoms with Gasteiger partial charge in [0.05, 0.1) is 18.3 Å². The third-order valence-corrected chi connectivity index (χ3v) is 4.77. The van der Waals surface area contributed by atoms with Crippen LogP contribution >= 0.6 is 11.3 Å². The predicted octanol–water partition coefficient (Wildman–Crippen LogP) is 1.80. The maximum Gasteiger partial charge on any atom is 0.243 e. The van der Waals surface area contributed by atoms with Gasteiger partial charge in [0.15, 0.2) is 5.13 Å². The summed E-state index contributed by atoms with van der Waals surface area (Å²) in [5.41, 5.74) is 2.30. The Kier molecular flexibility index (Phi) is 3.77. The van der Waals surface area contributed by atoms with E-state index in [-0.39, 0.29) is 11.9 Å². The number of hydrogen-bond donors (Lipinski definition) is 1. The lowest BCUT2D eigenvalue weighted by Gasteiger charge is -2.32. The van der Waals surface area contributed by atoms with Crippen LogP contribution in [0.5, 0.6) is 0 Å². The van der Waals surface area contributed by atoms with Gasteiger partial charge in [0.1, 0.15) is 5.82 Å². The largest absolute Gasteiger partial charge is 0.330 e. The Labute approximate surface area is 127 Å². The normalized spacial score (nSPS) is 16.5. The van der Waals surface area contributed by atoms with Gasteiger partial charge in [-0.2, -0.15) is 0 Å². The minimum atomic E-state index is -0.194. The first kappa shape index (κ1) is 14.2. The van der Waals surface area contributed by atoms with Crippen molar-refractivity contribution in [3.63, 3.8) is 0 Å². The number of hydrogen-bond acceptors (Lipinski definition) is 5. The summed E-state index contributed by atoms with van der Waals surface area (Å²) in [5, 5.41) is 5.36. The van der Waals surface area contributed by atoms with E-state index in [1.165, 1.54) is 17.0 Å². The molecule has 2 aromatic heterocycles. The molecule has 3 heterocycles. The summed E-state index contributed by atoms with van der Waals surface area (Å²) < 4.78 is 2.25. The van der Waals surface area contributed by atoms with Gasteiger partial charge < -0.3 is 9.88 Å². The van der Waals surface area contributed by atoms with E-state index >= 15 is 0 Å². The maximum atomic E-state index is 12.3. The van der Waals surface area contributed by atoms with Gasteiger partial charge in [0.25, 0.3) is 0 Å². The average molecular weight is 305 g/mol. The van der Waals surface area contributed by atoms with Crippen molar-refractivity contribution in [2.45, 2.75) is 39.9 Å². The van der Waals surface area contributed by atoms with Crippen molar-refractivity contribution in [2.24, 2.45) is 0 Å². The molecule has 6 nitrogen and oxygen atoms in total. The molecule has 1 atom stereocenters. The molecule has 1 unspecified atom stereocenters. The fourth-order valence-corrected chi connectivity index (χ4v) is 3.15. The highest BCUT2D eigenvalue weighted by Gasteiger charge is 2.27. The highest BCUT2D eigenvalue weighted by atomic mass is 32.1. The Hall–Kier alpha value is -1.73. The van der Waals surface area contributed by atoms with Crippen molar-refractivity contribution in [1.82, 2.24) is 19.4 Å². The minimum Gasteiger partial charge on any atom is -0.330 e.